The van der Waals surface area contributed by atoms with Crippen LogP contribution < -0.4 is 10.3 Å². The molecule has 17 heavy (non-hydrogen) atoms. The molecule has 0 amide bonds. The van der Waals surface area contributed by atoms with Gasteiger partial charge in [-0.15, -0.1) is 0 Å². The Balaban J connectivity index is 2.99. The lowest BCUT2D eigenvalue weighted by Gasteiger charge is -2.11. The highest BCUT2D eigenvalue weighted by molar-refractivity contribution is 5.88. The maximum atomic E-state index is 11.9. The van der Waals surface area contributed by atoms with E-state index in [1.54, 1.807) is 24.8 Å². The van der Waals surface area contributed by atoms with Gasteiger partial charge in [-0.2, -0.15) is 0 Å². The van der Waals surface area contributed by atoms with Crippen LogP contribution >= 0.6 is 0 Å². The monoisotopic (exact) mass is 229 g/mol. The van der Waals surface area contributed by atoms with Crippen molar-refractivity contribution >= 4 is 17.0 Å². The van der Waals surface area contributed by atoms with E-state index in [1.165, 1.54) is 0 Å². The molecule has 0 fully saturated rings. The minimum absolute atomic E-state index is 0.0146. The summed E-state index contributed by atoms with van der Waals surface area (Å²) in [5.41, 5.74) is 2.52. The predicted octanol–water partition coefficient (Wildman–Crippen LogP) is 2.50. The molecule has 2 rings (SSSR count). The van der Waals surface area contributed by atoms with E-state index in [-0.39, 0.29) is 5.56 Å². The topological polar surface area (TPSA) is 31.2 Å². The van der Waals surface area contributed by atoms with E-state index in [0.717, 1.165) is 22.2 Å². The fourth-order valence-electron chi connectivity index (χ4n) is 1.99. The highest BCUT2D eigenvalue weighted by Crippen LogP contribution is 2.27. The molecule has 0 radical (unpaired) electrons. The van der Waals surface area contributed by atoms with Crippen LogP contribution in [0.4, 0.5) is 0 Å². The fourth-order valence-corrected chi connectivity index (χ4v) is 1.99. The molecule has 0 aliphatic rings. The van der Waals surface area contributed by atoms with Gasteiger partial charge in [0.25, 0.3) is 5.56 Å². The number of benzene rings is 1. The number of methoxy groups -OCH3 is 1. The molecule has 1 heterocycles. The number of pyridine rings is 1. The van der Waals surface area contributed by atoms with Crippen molar-refractivity contribution in [2.45, 2.75) is 6.92 Å². The summed E-state index contributed by atoms with van der Waals surface area (Å²) in [4.78, 5) is 11.9. The predicted molar refractivity (Wildman–Crippen MR) is 70.6 cm³/mol. The number of ether oxygens (including phenoxy) is 1. The van der Waals surface area contributed by atoms with Gasteiger partial charge in [-0.25, -0.2) is 0 Å². The third-order valence-corrected chi connectivity index (χ3v) is 2.96. The minimum atomic E-state index is 0.0146. The van der Waals surface area contributed by atoms with E-state index in [1.807, 2.05) is 25.1 Å². The third-order valence-electron chi connectivity index (χ3n) is 2.96. The Bertz CT molecular complexity index is 653. The number of aryl methyl sites for hydroxylation is 2. The standard InChI is InChI=1S/C14H15NO2/c1-5-10-7-12-11(13(8-10)17-4)6-9(2)14(16)15(12)3/h5-8H,1H2,2-4H3. The average Bonchev–Trinajstić information content (AvgIpc) is 2.35. The molecule has 0 saturated heterocycles. The Morgan fingerprint density at radius 2 is 2.06 bits per heavy atom. The smallest absolute Gasteiger partial charge is 0.253 e. The van der Waals surface area contributed by atoms with Crippen LogP contribution in [0, 0.1) is 6.92 Å². The minimum Gasteiger partial charge on any atom is -0.496 e. The molecule has 3 nitrogen and oxygen atoms in total. The number of rotatable bonds is 2. The zero-order chi connectivity index (χ0) is 12.6. The first-order valence-corrected chi connectivity index (χ1v) is 5.39. The van der Waals surface area contributed by atoms with E-state index >= 15 is 0 Å². The first kappa shape index (κ1) is 11.5. The lowest BCUT2D eigenvalue weighted by Crippen LogP contribution is -2.19. The highest BCUT2D eigenvalue weighted by atomic mass is 16.5. The van der Waals surface area contributed by atoms with Gasteiger partial charge in [0.1, 0.15) is 5.75 Å². The lowest BCUT2D eigenvalue weighted by atomic mass is 10.1. The van der Waals surface area contributed by atoms with Crippen molar-refractivity contribution < 1.29 is 4.74 Å². The molecule has 3 heteroatoms. The number of fused-ring (bicyclic) bond motifs is 1. The summed E-state index contributed by atoms with van der Waals surface area (Å²) in [6.45, 7) is 5.55. The Labute approximate surface area is 100.0 Å². The molecule has 1 aromatic heterocycles. The van der Waals surface area contributed by atoms with Crippen molar-refractivity contribution in [3.63, 3.8) is 0 Å². The van der Waals surface area contributed by atoms with Crippen LogP contribution in [0.1, 0.15) is 11.1 Å². The van der Waals surface area contributed by atoms with Gasteiger partial charge in [-0.1, -0.05) is 12.7 Å². The first-order valence-electron chi connectivity index (χ1n) is 5.39. The summed E-state index contributed by atoms with van der Waals surface area (Å²) in [7, 11) is 3.39. The molecule has 0 N–H and O–H groups in total. The van der Waals surface area contributed by atoms with Crippen LogP contribution in [0.3, 0.4) is 0 Å². The van der Waals surface area contributed by atoms with Crippen LogP contribution in [0.25, 0.3) is 17.0 Å². The van der Waals surface area contributed by atoms with Gasteiger partial charge in [0.15, 0.2) is 0 Å². The Morgan fingerprint density at radius 3 is 2.65 bits per heavy atom. The SMILES string of the molecule is C=Cc1cc(OC)c2cc(C)c(=O)n(C)c2c1. The number of hydrogen-bond acceptors (Lipinski definition) is 2. The maximum absolute atomic E-state index is 11.9. The van der Waals surface area contributed by atoms with E-state index in [9.17, 15) is 4.79 Å². The van der Waals surface area contributed by atoms with Gasteiger partial charge < -0.3 is 9.30 Å². The van der Waals surface area contributed by atoms with Crippen molar-refractivity contribution in [3.05, 3.63) is 46.3 Å². The second-order valence-corrected chi connectivity index (χ2v) is 4.05. The second kappa shape index (κ2) is 4.09. The van der Waals surface area contributed by atoms with Gasteiger partial charge in [0, 0.05) is 18.0 Å². The van der Waals surface area contributed by atoms with Gasteiger partial charge >= 0.3 is 0 Å². The summed E-state index contributed by atoms with van der Waals surface area (Å²) >= 11 is 0. The zero-order valence-electron chi connectivity index (χ0n) is 10.3. The van der Waals surface area contributed by atoms with Crippen LogP contribution in [0.15, 0.2) is 29.6 Å². The molecule has 2 aromatic rings. The van der Waals surface area contributed by atoms with Crippen LogP contribution in [0.5, 0.6) is 5.75 Å². The Kier molecular flexibility index (Phi) is 2.76. The van der Waals surface area contributed by atoms with Gasteiger partial charge in [0.05, 0.1) is 12.6 Å². The summed E-state index contributed by atoms with van der Waals surface area (Å²) < 4.78 is 7.00. The molecule has 0 unspecified atom stereocenters. The molecule has 1 aromatic carbocycles. The Morgan fingerprint density at radius 1 is 1.35 bits per heavy atom. The van der Waals surface area contributed by atoms with E-state index in [2.05, 4.69) is 6.58 Å². The third kappa shape index (κ3) is 1.73. The van der Waals surface area contributed by atoms with Crippen molar-refractivity contribution in [3.8, 4) is 5.75 Å². The largest absolute Gasteiger partial charge is 0.496 e. The van der Waals surface area contributed by atoms with Crippen LogP contribution in [0.2, 0.25) is 0 Å². The van der Waals surface area contributed by atoms with Crippen molar-refractivity contribution in [2.75, 3.05) is 7.11 Å². The maximum Gasteiger partial charge on any atom is 0.253 e. The molecule has 0 bridgehead atoms. The molecule has 0 saturated carbocycles. The van der Waals surface area contributed by atoms with Crippen LogP contribution in [-0.2, 0) is 7.05 Å². The zero-order valence-corrected chi connectivity index (χ0v) is 10.3. The van der Waals surface area contributed by atoms with E-state index < -0.39 is 0 Å². The number of nitrogens with zero attached hydrogens (tertiary/aromatic N) is 1. The van der Waals surface area contributed by atoms with E-state index in [0.29, 0.717) is 5.56 Å². The van der Waals surface area contributed by atoms with Crippen molar-refractivity contribution in [1.82, 2.24) is 4.57 Å². The number of hydrogen-bond donors (Lipinski definition) is 0. The quantitative estimate of drug-likeness (QED) is 0.792. The summed E-state index contributed by atoms with van der Waals surface area (Å²) in [5, 5.41) is 0.942. The van der Waals surface area contributed by atoms with Gasteiger partial charge in [-0.3, -0.25) is 4.79 Å². The van der Waals surface area contributed by atoms with Crippen molar-refractivity contribution in [2.24, 2.45) is 7.05 Å². The lowest BCUT2D eigenvalue weighted by molar-refractivity contribution is 0.419. The van der Waals surface area contributed by atoms with E-state index in [4.69, 9.17) is 4.74 Å². The molecular weight excluding hydrogens is 214 g/mol. The second-order valence-electron chi connectivity index (χ2n) is 4.05. The summed E-state index contributed by atoms with van der Waals surface area (Å²) in [5.74, 6) is 0.760. The first-order chi connectivity index (χ1) is 8.08. The molecule has 88 valence electrons. The van der Waals surface area contributed by atoms with Gasteiger partial charge in [-0.05, 0) is 30.7 Å². The van der Waals surface area contributed by atoms with Crippen LogP contribution in [-0.4, -0.2) is 11.7 Å². The molecule has 0 aliphatic carbocycles. The molecule has 0 aliphatic heterocycles. The van der Waals surface area contributed by atoms with Crippen molar-refractivity contribution in [1.29, 1.82) is 0 Å². The normalized spacial score (nSPS) is 10.5. The molecule has 0 atom stereocenters. The fraction of sp³-hybridized carbons (Fsp3) is 0.214. The number of aromatic nitrogens is 1. The Hall–Kier alpha value is -2.03. The highest BCUT2D eigenvalue weighted by Gasteiger charge is 2.08. The summed E-state index contributed by atoms with van der Waals surface area (Å²) in [6.07, 6.45) is 1.74. The average molecular weight is 229 g/mol. The molecular formula is C14H15NO2. The summed E-state index contributed by atoms with van der Waals surface area (Å²) in [6, 6.07) is 5.72. The molecule has 0 spiro atoms. The van der Waals surface area contributed by atoms with Gasteiger partial charge in [0.2, 0.25) is 0 Å².